The fraction of sp³-hybridized carbons (Fsp3) is 0.478. The van der Waals surface area contributed by atoms with E-state index < -0.39 is 35.1 Å². The average molecular weight is 433 g/mol. The number of hydrogen-bond acceptors (Lipinski definition) is 4. The van der Waals surface area contributed by atoms with Gasteiger partial charge in [-0.25, -0.2) is 8.78 Å². The van der Waals surface area contributed by atoms with Crippen molar-refractivity contribution in [2.45, 2.75) is 45.2 Å². The fourth-order valence-electron chi connectivity index (χ4n) is 3.89. The molecule has 1 aliphatic heterocycles. The first-order valence-corrected chi connectivity index (χ1v) is 10.7. The lowest BCUT2D eigenvalue weighted by molar-refractivity contribution is -0.124. The van der Waals surface area contributed by atoms with Gasteiger partial charge in [-0.3, -0.25) is 14.5 Å². The van der Waals surface area contributed by atoms with Gasteiger partial charge in [0.15, 0.2) is 0 Å². The highest BCUT2D eigenvalue weighted by Gasteiger charge is 2.30. The molecule has 3 rings (SSSR count). The Labute approximate surface area is 181 Å². The second-order valence-corrected chi connectivity index (χ2v) is 8.16. The molecule has 168 valence electrons. The number of rotatable bonds is 8. The summed E-state index contributed by atoms with van der Waals surface area (Å²) in [4.78, 5) is 27.7. The first-order valence-electron chi connectivity index (χ1n) is 10.7. The van der Waals surface area contributed by atoms with E-state index in [1.165, 1.54) is 12.5 Å². The second-order valence-electron chi connectivity index (χ2n) is 8.16. The van der Waals surface area contributed by atoms with Crippen LogP contribution in [0, 0.1) is 17.6 Å². The summed E-state index contributed by atoms with van der Waals surface area (Å²) in [6.45, 7) is 5.66. The molecule has 0 radical (unpaired) electrons. The summed E-state index contributed by atoms with van der Waals surface area (Å²) in [7, 11) is 0. The van der Waals surface area contributed by atoms with Crippen molar-refractivity contribution < 1.29 is 22.8 Å². The molecule has 2 heterocycles. The molecule has 1 saturated heterocycles. The Kier molecular flexibility index (Phi) is 7.79. The predicted molar refractivity (Wildman–Crippen MR) is 112 cm³/mol. The summed E-state index contributed by atoms with van der Waals surface area (Å²) in [5.41, 5.74) is -0.692. The topological polar surface area (TPSA) is 74.6 Å². The van der Waals surface area contributed by atoms with Crippen molar-refractivity contribution >= 4 is 11.8 Å². The van der Waals surface area contributed by atoms with E-state index in [4.69, 9.17) is 4.42 Å². The summed E-state index contributed by atoms with van der Waals surface area (Å²) in [6.07, 6.45) is 4.96. The number of benzene rings is 1. The molecule has 2 N–H and O–H groups in total. The molecule has 0 aliphatic carbocycles. The molecule has 8 heteroatoms. The van der Waals surface area contributed by atoms with Crippen LogP contribution in [0.5, 0.6) is 0 Å². The van der Waals surface area contributed by atoms with Crippen LogP contribution in [0.25, 0.3) is 0 Å². The summed E-state index contributed by atoms with van der Waals surface area (Å²) in [5.74, 6) is -2.82. The Balaban J connectivity index is 1.68. The lowest BCUT2D eigenvalue weighted by Gasteiger charge is -2.34. The van der Waals surface area contributed by atoms with Gasteiger partial charge in [-0.05, 0) is 56.1 Å². The number of piperidine rings is 1. The average Bonchev–Trinajstić information content (AvgIpc) is 3.27. The summed E-state index contributed by atoms with van der Waals surface area (Å²) < 4.78 is 33.5. The van der Waals surface area contributed by atoms with Gasteiger partial charge in [0.1, 0.15) is 29.0 Å². The second kappa shape index (κ2) is 10.5. The van der Waals surface area contributed by atoms with Crippen LogP contribution in [0.2, 0.25) is 0 Å². The van der Waals surface area contributed by atoms with Crippen molar-refractivity contribution in [3.8, 4) is 0 Å². The van der Waals surface area contributed by atoms with Crippen LogP contribution in [0.15, 0.2) is 41.0 Å². The molecule has 2 unspecified atom stereocenters. The fourth-order valence-corrected chi connectivity index (χ4v) is 3.89. The molecule has 1 aliphatic rings. The molecule has 0 bridgehead atoms. The maximum absolute atomic E-state index is 14.0. The van der Waals surface area contributed by atoms with Gasteiger partial charge in [-0.15, -0.1) is 0 Å². The van der Waals surface area contributed by atoms with Gasteiger partial charge >= 0.3 is 0 Å². The van der Waals surface area contributed by atoms with Gasteiger partial charge in [-0.2, -0.15) is 0 Å². The molecular formula is C23H29F2N3O3. The first kappa shape index (κ1) is 22.9. The Bertz CT molecular complexity index is 860. The zero-order valence-corrected chi connectivity index (χ0v) is 17.9. The number of nitrogens with one attached hydrogen (secondary N) is 2. The van der Waals surface area contributed by atoms with Gasteiger partial charge in [0.2, 0.25) is 5.91 Å². The third-order valence-corrected chi connectivity index (χ3v) is 5.60. The SMILES string of the molecule is CC(C)C(NC(=O)c1c(F)cccc1F)C(=O)NCC(c1ccco1)N1CCCCC1. The van der Waals surface area contributed by atoms with Gasteiger partial charge in [-0.1, -0.05) is 26.3 Å². The highest BCUT2D eigenvalue weighted by Crippen LogP contribution is 2.24. The van der Waals surface area contributed by atoms with Crippen LogP contribution in [-0.2, 0) is 4.79 Å². The van der Waals surface area contributed by atoms with E-state index in [2.05, 4.69) is 15.5 Å². The number of halogens is 2. The Morgan fingerprint density at radius 1 is 1.06 bits per heavy atom. The van der Waals surface area contributed by atoms with Gasteiger partial charge in [0.25, 0.3) is 5.91 Å². The van der Waals surface area contributed by atoms with E-state index in [0.29, 0.717) is 6.54 Å². The van der Waals surface area contributed by atoms with E-state index in [1.54, 1.807) is 20.1 Å². The molecule has 0 saturated carbocycles. The highest BCUT2D eigenvalue weighted by molar-refractivity contribution is 5.98. The maximum atomic E-state index is 14.0. The third-order valence-electron chi connectivity index (χ3n) is 5.60. The molecule has 1 aromatic heterocycles. The van der Waals surface area contributed by atoms with Crippen LogP contribution < -0.4 is 10.6 Å². The van der Waals surface area contributed by atoms with Crippen molar-refractivity contribution in [3.63, 3.8) is 0 Å². The van der Waals surface area contributed by atoms with Crippen LogP contribution >= 0.6 is 0 Å². The zero-order chi connectivity index (χ0) is 22.4. The number of furan rings is 1. The van der Waals surface area contributed by atoms with Crippen LogP contribution in [0.4, 0.5) is 8.78 Å². The third kappa shape index (κ3) is 5.70. The molecule has 2 atom stereocenters. The Hall–Kier alpha value is -2.74. The number of hydrogen-bond donors (Lipinski definition) is 2. The lowest BCUT2D eigenvalue weighted by atomic mass is 10.0. The number of amides is 2. The quantitative estimate of drug-likeness (QED) is 0.666. The summed E-state index contributed by atoms with van der Waals surface area (Å²) in [5, 5.41) is 5.38. The van der Waals surface area contributed by atoms with Crippen molar-refractivity contribution in [2.75, 3.05) is 19.6 Å². The normalized spacial score (nSPS) is 16.7. The van der Waals surface area contributed by atoms with Crippen LogP contribution in [-0.4, -0.2) is 42.4 Å². The van der Waals surface area contributed by atoms with E-state index in [9.17, 15) is 18.4 Å². The number of likely N-dealkylation sites (tertiary alicyclic amines) is 1. The minimum atomic E-state index is -0.969. The molecular weight excluding hydrogens is 404 g/mol. The summed E-state index contributed by atoms with van der Waals surface area (Å²) in [6, 6.07) is 5.84. The molecule has 6 nitrogen and oxygen atoms in total. The minimum absolute atomic E-state index is 0.119. The lowest BCUT2D eigenvalue weighted by Crippen LogP contribution is -2.51. The van der Waals surface area contributed by atoms with Crippen molar-refractivity contribution in [1.82, 2.24) is 15.5 Å². The maximum Gasteiger partial charge on any atom is 0.257 e. The monoisotopic (exact) mass is 433 g/mol. The van der Waals surface area contributed by atoms with E-state index in [1.807, 2.05) is 12.1 Å². The number of carbonyl (C=O) groups excluding carboxylic acids is 2. The predicted octanol–water partition coefficient (Wildman–Crippen LogP) is 3.66. The smallest absolute Gasteiger partial charge is 0.257 e. The summed E-state index contributed by atoms with van der Waals surface area (Å²) >= 11 is 0. The van der Waals surface area contributed by atoms with Crippen LogP contribution in [0.3, 0.4) is 0 Å². The zero-order valence-electron chi connectivity index (χ0n) is 17.9. The van der Waals surface area contributed by atoms with E-state index in [-0.39, 0.29) is 12.0 Å². The van der Waals surface area contributed by atoms with Gasteiger partial charge in [0, 0.05) is 6.54 Å². The molecule has 1 aromatic carbocycles. The standard InChI is InChI=1S/C23H29F2N3O3/c1-15(2)21(27-22(29)20-16(24)8-6-9-17(20)25)23(30)26-14-18(19-10-7-13-31-19)28-11-4-3-5-12-28/h6-10,13,15,18,21H,3-5,11-12,14H2,1-2H3,(H,26,30)(H,27,29). The molecule has 2 amide bonds. The molecule has 1 fully saturated rings. The molecule has 31 heavy (non-hydrogen) atoms. The van der Waals surface area contributed by atoms with Gasteiger partial charge < -0.3 is 15.1 Å². The minimum Gasteiger partial charge on any atom is -0.468 e. The first-order chi connectivity index (χ1) is 14.9. The molecule has 2 aromatic rings. The van der Waals surface area contributed by atoms with Crippen molar-refractivity contribution in [1.29, 1.82) is 0 Å². The Morgan fingerprint density at radius 3 is 2.32 bits per heavy atom. The number of nitrogens with zero attached hydrogens (tertiary/aromatic N) is 1. The Morgan fingerprint density at radius 2 is 1.74 bits per heavy atom. The van der Waals surface area contributed by atoms with Crippen molar-refractivity contribution in [2.24, 2.45) is 5.92 Å². The van der Waals surface area contributed by atoms with Gasteiger partial charge in [0.05, 0.1) is 12.3 Å². The van der Waals surface area contributed by atoms with Crippen LogP contribution in [0.1, 0.15) is 55.3 Å². The highest BCUT2D eigenvalue weighted by atomic mass is 19.1. The number of carbonyl (C=O) groups is 2. The van der Waals surface area contributed by atoms with Crippen molar-refractivity contribution in [3.05, 3.63) is 59.6 Å². The largest absolute Gasteiger partial charge is 0.468 e. The molecule has 0 spiro atoms. The van der Waals surface area contributed by atoms with E-state index >= 15 is 0 Å². The van der Waals surface area contributed by atoms with E-state index in [0.717, 1.165) is 43.8 Å².